The smallest absolute Gasteiger partial charge is 1.00 e. The van der Waals surface area contributed by atoms with Crippen LogP contribution in [0.15, 0.2) is 18.2 Å². The van der Waals surface area contributed by atoms with Crippen LogP contribution in [-0.2, 0) is 0 Å². The van der Waals surface area contributed by atoms with Gasteiger partial charge in [0.15, 0.2) is 11.5 Å². The Balaban J connectivity index is -0.000000480. The van der Waals surface area contributed by atoms with E-state index in [2.05, 4.69) is 0 Å². The zero-order chi connectivity index (χ0) is 9.14. The van der Waals surface area contributed by atoms with E-state index in [1.165, 1.54) is 18.2 Å². The van der Waals surface area contributed by atoms with Crippen LogP contribution in [0.25, 0.3) is 0 Å². The molecule has 1 atom stereocenters. The summed E-state index contributed by atoms with van der Waals surface area (Å²) in [5.41, 5.74) is 5.69. The quantitative estimate of drug-likeness (QED) is 0.455. The molecule has 0 saturated carbocycles. The predicted molar refractivity (Wildman–Crippen MR) is 51.8 cm³/mol. The van der Waals surface area contributed by atoms with E-state index in [-0.39, 0.29) is 69.8 Å². The number of phenols is 2. The Morgan fingerprint density at radius 3 is 2.38 bits per heavy atom. The van der Waals surface area contributed by atoms with Crippen molar-refractivity contribution in [3.63, 3.8) is 0 Å². The van der Waals surface area contributed by atoms with Gasteiger partial charge in [0, 0.05) is 6.54 Å². The first-order valence-electron chi connectivity index (χ1n) is 3.55. The third-order valence-electron chi connectivity index (χ3n) is 1.61. The predicted octanol–water partition coefficient (Wildman–Crippen LogP) is -0.0659. The van der Waals surface area contributed by atoms with E-state index >= 15 is 0 Å². The van der Waals surface area contributed by atoms with Crippen LogP contribution >= 0.6 is 0 Å². The van der Waals surface area contributed by atoms with Gasteiger partial charge in [-0.1, -0.05) is 6.07 Å². The SMILES string of the molecule is NC[C@H](O)c1ccc(O)c(O)c1.[Ba+2].[H-].[H-]. The summed E-state index contributed by atoms with van der Waals surface area (Å²) >= 11 is 0. The zero-order valence-corrected chi connectivity index (χ0v) is 11.6. The third kappa shape index (κ3) is 3.51. The summed E-state index contributed by atoms with van der Waals surface area (Å²) in [6, 6.07) is 4.10. The van der Waals surface area contributed by atoms with Crippen molar-refractivity contribution in [2.75, 3.05) is 6.54 Å². The fourth-order valence-corrected chi connectivity index (χ4v) is 0.884. The first-order valence-corrected chi connectivity index (χ1v) is 3.55. The molecule has 0 spiro atoms. The maximum Gasteiger partial charge on any atom is 2.00 e. The molecule has 0 radical (unpaired) electrons. The molecular formula is C8H13BaNO3. The fraction of sp³-hybridized carbons (Fsp3) is 0.250. The Bertz CT molecular complexity index is 289. The maximum absolute atomic E-state index is 9.23. The molecule has 0 fully saturated rings. The Morgan fingerprint density at radius 2 is 1.92 bits per heavy atom. The molecule has 0 heterocycles. The molecule has 13 heavy (non-hydrogen) atoms. The second-order valence-electron chi connectivity index (χ2n) is 2.50. The van der Waals surface area contributed by atoms with Crippen LogP contribution in [0, 0.1) is 0 Å². The van der Waals surface area contributed by atoms with Crippen molar-refractivity contribution < 1.29 is 18.2 Å². The van der Waals surface area contributed by atoms with Gasteiger partial charge in [-0.05, 0) is 17.7 Å². The van der Waals surface area contributed by atoms with E-state index in [4.69, 9.17) is 15.9 Å². The average Bonchev–Trinajstić information content (AvgIpc) is 2.08. The Morgan fingerprint density at radius 1 is 1.31 bits per heavy atom. The van der Waals surface area contributed by atoms with Gasteiger partial charge >= 0.3 is 48.9 Å². The van der Waals surface area contributed by atoms with Gasteiger partial charge in [0.25, 0.3) is 0 Å². The molecule has 4 nitrogen and oxygen atoms in total. The maximum atomic E-state index is 9.23. The van der Waals surface area contributed by atoms with E-state index < -0.39 is 6.10 Å². The summed E-state index contributed by atoms with van der Waals surface area (Å²) in [5, 5.41) is 27.2. The molecule has 1 aromatic rings. The minimum Gasteiger partial charge on any atom is -1.00 e. The van der Waals surface area contributed by atoms with Crippen LogP contribution in [0.4, 0.5) is 0 Å². The molecule has 1 aromatic carbocycles. The van der Waals surface area contributed by atoms with Crippen molar-refractivity contribution in [1.82, 2.24) is 0 Å². The number of rotatable bonds is 2. The number of phenolic OH excluding ortho intramolecular Hbond substituents is 2. The van der Waals surface area contributed by atoms with Crippen LogP contribution in [-0.4, -0.2) is 70.7 Å². The number of aliphatic hydroxyl groups is 1. The molecule has 0 aliphatic rings. The second-order valence-corrected chi connectivity index (χ2v) is 2.50. The summed E-state index contributed by atoms with van der Waals surface area (Å²) in [5.74, 6) is -0.456. The van der Waals surface area contributed by atoms with Gasteiger partial charge in [0.2, 0.25) is 0 Å². The summed E-state index contributed by atoms with van der Waals surface area (Å²) in [4.78, 5) is 0. The van der Waals surface area contributed by atoms with Crippen LogP contribution < -0.4 is 5.73 Å². The average molecular weight is 309 g/mol. The Hall–Kier alpha value is 0.311. The van der Waals surface area contributed by atoms with E-state index in [0.717, 1.165) is 0 Å². The number of hydrogen-bond donors (Lipinski definition) is 4. The largest absolute Gasteiger partial charge is 2.00 e. The summed E-state index contributed by atoms with van der Waals surface area (Å²) in [6.45, 7) is 0.0875. The number of benzene rings is 1. The van der Waals surface area contributed by atoms with Crippen LogP contribution in [0.2, 0.25) is 0 Å². The van der Waals surface area contributed by atoms with Crippen molar-refractivity contribution in [1.29, 1.82) is 0 Å². The molecule has 0 bridgehead atoms. The molecule has 5 N–H and O–H groups in total. The molecular weight excluding hydrogens is 295 g/mol. The van der Waals surface area contributed by atoms with E-state index in [1.54, 1.807) is 0 Å². The van der Waals surface area contributed by atoms with E-state index in [9.17, 15) is 5.11 Å². The van der Waals surface area contributed by atoms with Gasteiger partial charge in [-0.3, -0.25) is 0 Å². The monoisotopic (exact) mass is 309 g/mol. The number of aliphatic hydroxyl groups excluding tert-OH is 1. The van der Waals surface area contributed by atoms with Gasteiger partial charge in [-0.15, -0.1) is 0 Å². The standard InChI is InChI=1S/C8H11NO3.Ba.2H/c9-4-8(12)5-1-2-6(10)7(11)3-5;;;/h1-3,8,10-12H,4,9H2;;;/q;+2;2*-1/t8-;;;/m0.../s1. The zero-order valence-electron chi connectivity index (χ0n) is 9.14. The molecule has 1 rings (SSSR count). The molecule has 5 heteroatoms. The minimum atomic E-state index is -0.795. The van der Waals surface area contributed by atoms with Gasteiger partial charge in [-0.25, -0.2) is 0 Å². The van der Waals surface area contributed by atoms with Crippen molar-refractivity contribution in [3.8, 4) is 11.5 Å². The normalized spacial score (nSPS) is 11.8. The van der Waals surface area contributed by atoms with Gasteiger partial charge in [0.05, 0.1) is 6.10 Å². The van der Waals surface area contributed by atoms with Gasteiger partial charge < -0.3 is 23.9 Å². The number of nitrogens with two attached hydrogens (primary N) is 1. The number of aromatic hydroxyl groups is 2. The van der Waals surface area contributed by atoms with Crippen molar-refractivity contribution in [3.05, 3.63) is 23.8 Å². The molecule has 70 valence electrons. The van der Waals surface area contributed by atoms with Crippen molar-refractivity contribution in [2.45, 2.75) is 6.10 Å². The first-order chi connectivity index (χ1) is 5.65. The second kappa shape index (κ2) is 5.92. The van der Waals surface area contributed by atoms with E-state index in [0.29, 0.717) is 5.56 Å². The summed E-state index contributed by atoms with van der Waals surface area (Å²) in [7, 11) is 0. The Kier molecular flexibility index (Phi) is 6.06. The first kappa shape index (κ1) is 13.3. The molecule has 0 saturated heterocycles. The van der Waals surface area contributed by atoms with Crippen LogP contribution in [0.1, 0.15) is 14.5 Å². The summed E-state index contributed by atoms with van der Waals surface area (Å²) < 4.78 is 0. The molecule has 0 aliphatic carbocycles. The van der Waals surface area contributed by atoms with Crippen LogP contribution in [0.3, 0.4) is 0 Å². The fourth-order valence-electron chi connectivity index (χ4n) is 0.884. The van der Waals surface area contributed by atoms with Crippen LogP contribution in [0.5, 0.6) is 11.5 Å². The Labute approximate surface area is 119 Å². The topological polar surface area (TPSA) is 86.7 Å². The van der Waals surface area contributed by atoms with Gasteiger partial charge in [0.1, 0.15) is 0 Å². The third-order valence-corrected chi connectivity index (χ3v) is 1.61. The molecule has 0 unspecified atom stereocenters. The minimum absolute atomic E-state index is 0. The van der Waals surface area contributed by atoms with E-state index in [1.807, 2.05) is 0 Å². The molecule has 0 aliphatic heterocycles. The number of hydrogen-bond acceptors (Lipinski definition) is 4. The van der Waals surface area contributed by atoms with Crippen molar-refractivity contribution in [2.24, 2.45) is 5.73 Å². The molecule has 0 aromatic heterocycles. The summed E-state index contributed by atoms with van der Waals surface area (Å²) in [6.07, 6.45) is -0.795. The van der Waals surface area contributed by atoms with Crippen molar-refractivity contribution >= 4 is 48.9 Å². The van der Waals surface area contributed by atoms with Gasteiger partial charge in [-0.2, -0.15) is 0 Å². The molecule has 0 amide bonds.